The summed E-state index contributed by atoms with van der Waals surface area (Å²) in [6.07, 6.45) is 20.2. The summed E-state index contributed by atoms with van der Waals surface area (Å²) in [4.78, 5) is 83.4. The van der Waals surface area contributed by atoms with Gasteiger partial charge in [-0.3, -0.25) is 19.2 Å². The summed E-state index contributed by atoms with van der Waals surface area (Å²) in [5.41, 5.74) is 14.9. The monoisotopic (exact) mass is 1310 g/mol. The molecule has 0 unspecified atom stereocenters. The predicted octanol–water partition coefficient (Wildman–Crippen LogP) is 10.6. The smallest absolute Gasteiger partial charge is 0.248 e. The number of aryl methyl sites for hydroxylation is 1. The van der Waals surface area contributed by atoms with Crippen molar-refractivity contribution in [2.45, 2.75) is 142 Å². The Morgan fingerprint density at radius 2 is 1.09 bits per heavy atom. The van der Waals surface area contributed by atoms with Crippen molar-refractivity contribution in [3.63, 3.8) is 0 Å². The highest BCUT2D eigenvalue weighted by Gasteiger charge is 2.31. The molecule has 502 valence electrons. The van der Waals surface area contributed by atoms with Crippen LogP contribution in [-0.2, 0) is 29.2 Å². The van der Waals surface area contributed by atoms with Gasteiger partial charge in [-0.1, -0.05) is 50.7 Å². The summed E-state index contributed by atoms with van der Waals surface area (Å²) in [5.74, 6) is 4.53. The van der Waals surface area contributed by atoms with Crippen molar-refractivity contribution in [1.82, 2.24) is 50.1 Å². The number of amides is 4. The van der Waals surface area contributed by atoms with E-state index < -0.39 is 11.8 Å². The van der Waals surface area contributed by atoms with Gasteiger partial charge >= 0.3 is 0 Å². The number of anilines is 7. The number of imidazole rings is 1. The molecule has 2 aliphatic rings. The van der Waals surface area contributed by atoms with Crippen LogP contribution < -0.4 is 66.8 Å². The molecule has 3 heterocycles. The minimum absolute atomic E-state index is 0.0117. The van der Waals surface area contributed by atoms with E-state index in [4.69, 9.17) is 62.0 Å². The third-order valence-corrected chi connectivity index (χ3v) is 17.2. The van der Waals surface area contributed by atoms with E-state index in [1.54, 1.807) is 83.3 Å². The van der Waals surface area contributed by atoms with E-state index in [0.29, 0.717) is 140 Å². The summed E-state index contributed by atoms with van der Waals surface area (Å²) in [5, 5.41) is 15.1. The fourth-order valence-corrected chi connectivity index (χ4v) is 11.8. The number of halogens is 1. The number of nitrogens with one attached hydrogen (secondary N) is 5. The third-order valence-electron chi connectivity index (χ3n) is 17.0. The van der Waals surface area contributed by atoms with Crippen LogP contribution in [0.15, 0.2) is 104 Å². The highest BCUT2D eigenvalue weighted by molar-refractivity contribution is 6.28. The largest absolute Gasteiger partial charge is 0.496 e. The van der Waals surface area contributed by atoms with Crippen LogP contribution in [-0.4, -0.2) is 123 Å². The minimum Gasteiger partial charge on any atom is -0.496 e. The van der Waals surface area contributed by atoms with Gasteiger partial charge in [-0.05, 0) is 143 Å². The Hall–Kier alpha value is -9.52. The van der Waals surface area contributed by atoms with Gasteiger partial charge in [0.1, 0.15) is 23.0 Å². The number of hydrogen-bond acceptors (Lipinski definition) is 20. The Balaban J connectivity index is 0.000000245. The van der Waals surface area contributed by atoms with Gasteiger partial charge in [0.25, 0.3) is 0 Å². The van der Waals surface area contributed by atoms with Gasteiger partial charge in [0.05, 0.1) is 33.8 Å². The molecule has 4 aromatic carbocycles. The normalized spacial score (nSPS) is 13.8. The molecule has 0 saturated heterocycles. The molecule has 0 aliphatic heterocycles. The van der Waals surface area contributed by atoms with Gasteiger partial charge in [0.15, 0.2) is 0 Å². The summed E-state index contributed by atoms with van der Waals surface area (Å²) < 4.78 is 25.5. The van der Waals surface area contributed by atoms with E-state index in [0.717, 1.165) is 49.8 Å². The topological polar surface area (TPSA) is 319 Å². The van der Waals surface area contributed by atoms with Crippen molar-refractivity contribution < 1.29 is 38.1 Å². The standard InChI is InChI=1S/C37H50N10O4.C31H40ClN7O4/c1-26(27-10-5-4-6-11-27)47(24-29-15-16-31(23-32(29)50-3)51-21-8-14-33(48)39-2)37-44-35(41-17-9-19-46-20-18-40-25-46)43-36(45-37)42-30-13-7-12-28(22-30)34(38)49;1-20(21-9-5-4-6-10-21)39(19-23-14-15-25(18-26(23)42-3)43-16-8-13-27(40)34-2)31-37-29(32)36-30(38-31)35-24-12-7-11-22(17-24)28(33)41/h7,12-13,15-16,18,20,22-23,25-27H,4-6,8-11,14,17,19,21,24H2,1-3H3,(H2,38,49)(H,39,48)(H2,41,42,43,44,45);7,11-12,14-15,17-18,20-21H,4-6,8-10,13,16,19H2,1-3H3,(H2,33,41)(H,34,40)(H,35,36,37,38)/t26-;20-/m00/s1. The van der Waals surface area contributed by atoms with Gasteiger partial charge in [-0.25, -0.2) is 4.98 Å². The van der Waals surface area contributed by atoms with Crippen LogP contribution in [0, 0.1) is 11.8 Å². The number of aromatic nitrogens is 8. The Bertz CT molecular complexity index is 3570. The molecule has 2 aliphatic carbocycles. The first-order chi connectivity index (χ1) is 45.6. The van der Waals surface area contributed by atoms with Crippen LogP contribution in [0.1, 0.15) is 142 Å². The average molecular weight is 1310 g/mol. The lowest BCUT2D eigenvalue weighted by atomic mass is 9.84. The van der Waals surface area contributed by atoms with Gasteiger partial charge in [0, 0.05) is 123 Å². The van der Waals surface area contributed by atoms with Gasteiger partial charge in [-0.2, -0.15) is 29.9 Å². The predicted molar refractivity (Wildman–Crippen MR) is 365 cm³/mol. The van der Waals surface area contributed by atoms with E-state index in [-0.39, 0.29) is 35.1 Å². The fourth-order valence-electron chi connectivity index (χ4n) is 11.7. The zero-order chi connectivity index (χ0) is 66.8. The Morgan fingerprint density at radius 3 is 1.54 bits per heavy atom. The number of methoxy groups -OCH3 is 2. The van der Waals surface area contributed by atoms with E-state index >= 15 is 0 Å². The SMILES string of the molecule is CNC(=O)CCCOc1ccc(CN(c2nc(Cl)nc(Nc3cccc(C(N)=O)c3)n2)[C@@H](C)C2CCCCC2)c(OC)c1.CNC(=O)CCCOc1ccc(CN(c2nc(NCCCn3ccnc3)nc(Nc3cccc(C(N)=O)c3)n2)[C@@H](C)C2CCCCC2)c(OC)c1. The molecule has 94 heavy (non-hydrogen) atoms. The summed E-state index contributed by atoms with van der Waals surface area (Å²) in [7, 11) is 6.54. The molecule has 7 aromatic rings. The average Bonchev–Trinajstić information content (AvgIpc) is 0.868. The molecular formula is C68H90ClN17O8. The molecule has 0 bridgehead atoms. The highest BCUT2D eigenvalue weighted by atomic mass is 35.5. The zero-order valence-corrected chi connectivity index (χ0v) is 55.5. The van der Waals surface area contributed by atoms with Crippen LogP contribution in [0.3, 0.4) is 0 Å². The van der Waals surface area contributed by atoms with Gasteiger partial charge in [-0.15, -0.1) is 0 Å². The molecule has 2 atom stereocenters. The molecule has 2 saturated carbocycles. The van der Waals surface area contributed by atoms with E-state index in [1.807, 2.05) is 53.2 Å². The van der Waals surface area contributed by atoms with Crippen molar-refractivity contribution >= 4 is 76.3 Å². The number of nitrogens with two attached hydrogens (primary N) is 2. The first-order valence-corrected chi connectivity index (χ1v) is 32.7. The maximum Gasteiger partial charge on any atom is 0.248 e. The Morgan fingerprint density at radius 1 is 0.606 bits per heavy atom. The van der Waals surface area contributed by atoms with E-state index in [2.05, 4.69) is 65.2 Å². The molecule has 26 heteroatoms. The molecule has 0 radical (unpaired) electrons. The summed E-state index contributed by atoms with van der Waals surface area (Å²) in [6, 6.07) is 25.5. The quantitative estimate of drug-likeness (QED) is 0.0188. The highest BCUT2D eigenvalue weighted by Crippen LogP contribution is 2.37. The summed E-state index contributed by atoms with van der Waals surface area (Å²) in [6.45, 7) is 7.67. The molecule has 0 spiro atoms. The third kappa shape index (κ3) is 21.3. The maximum absolute atomic E-state index is 11.9. The van der Waals surface area contributed by atoms with Crippen LogP contribution in [0.5, 0.6) is 23.0 Å². The van der Waals surface area contributed by atoms with Crippen LogP contribution >= 0.6 is 11.6 Å². The second-order valence-electron chi connectivity index (χ2n) is 23.5. The lowest BCUT2D eigenvalue weighted by Gasteiger charge is -2.37. The van der Waals surface area contributed by atoms with Crippen molar-refractivity contribution in [2.24, 2.45) is 23.3 Å². The van der Waals surface area contributed by atoms with E-state index in [9.17, 15) is 19.2 Å². The molecule has 9 rings (SSSR count). The summed E-state index contributed by atoms with van der Waals surface area (Å²) >= 11 is 6.43. The fraction of sp³-hybridized carbons (Fsp3) is 0.456. The van der Waals surface area contributed by atoms with Crippen molar-refractivity contribution in [2.75, 3.05) is 73.8 Å². The molecule has 4 amide bonds. The van der Waals surface area contributed by atoms with Crippen molar-refractivity contribution in [1.29, 1.82) is 0 Å². The second-order valence-corrected chi connectivity index (χ2v) is 23.8. The number of carbonyl (C=O) groups excluding carboxylic acids is 4. The number of benzene rings is 4. The lowest BCUT2D eigenvalue weighted by molar-refractivity contribution is -0.121. The van der Waals surface area contributed by atoms with Crippen LogP contribution in [0.4, 0.5) is 41.1 Å². The molecule has 3 aromatic heterocycles. The number of nitrogens with zero attached hydrogens (tertiary/aromatic N) is 10. The number of rotatable bonds is 33. The van der Waals surface area contributed by atoms with Gasteiger partial charge in [0.2, 0.25) is 58.7 Å². The van der Waals surface area contributed by atoms with Gasteiger partial charge < -0.3 is 71.4 Å². The van der Waals surface area contributed by atoms with E-state index in [1.165, 1.54) is 38.5 Å². The number of hydrogen-bond donors (Lipinski definition) is 7. The first-order valence-electron chi connectivity index (χ1n) is 32.3. The number of primary amides is 2. The minimum atomic E-state index is -0.528. The molecule has 2 fully saturated rings. The van der Waals surface area contributed by atoms with Crippen molar-refractivity contribution in [3.8, 4) is 23.0 Å². The number of carbonyl (C=O) groups is 4. The molecule has 9 N–H and O–H groups in total. The molecule has 25 nitrogen and oxygen atoms in total. The van der Waals surface area contributed by atoms with Crippen LogP contribution in [0.25, 0.3) is 0 Å². The second kappa shape index (κ2) is 36.1. The Kier molecular flexibility index (Phi) is 27.0. The Labute approximate surface area is 555 Å². The van der Waals surface area contributed by atoms with Crippen molar-refractivity contribution in [3.05, 3.63) is 131 Å². The zero-order valence-electron chi connectivity index (χ0n) is 54.7. The van der Waals surface area contributed by atoms with Crippen LogP contribution in [0.2, 0.25) is 5.28 Å². The molecular weight excluding hydrogens is 1220 g/mol. The lowest BCUT2D eigenvalue weighted by Crippen LogP contribution is -2.40. The first kappa shape index (κ1) is 70.4. The maximum atomic E-state index is 11.9. The number of ether oxygens (including phenoxy) is 4.